The van der Waals surface area contributed by atoms with Crippen molar-refractivity contribution in [2.24, 2.45) is 0 Å². The highest BCUT2D eigenvalue weighted by molar-refractivity contribution is 6.30. The fourth-order valence-electron chi connectivity index (χ4n) is 3.09. The van der Waals surface area contributed by atoms with E-state index in [1.54, 1.807) is 0 Å². The molecular formula is C14H20ClN3. The Labute approximate surface area is 114 Å². The fourth-order valence-corrected chi connectivity index (χ4v) is 3.27. The van der Waals surface area contributed by atoms with E-state index in [2.05, 4.69) is 34.3 Å². The summed E-state index contributed by atoms with van der Waals surface area (Å²) >= 11 is 6.14. The first kappa shape index (κ1) is 12.3. The number of hydrogen-bond donors (Lipinski definition) is 1. The van der Waals surface area contributed by atoms with Crippen molar-refractivity contribution in [1.29, 1.82) is 0 Å². The zero-order valence-corrected chi connectivity index (χ0v) is 11.6. The summed E-state index contributed by atoms with van der Waals surface area (Å²) in [5.74, 6) is 0.599. The molecule has 0 amide bonds. The van der Waals surface area contributed by atoms with Crippen LogP contribution < -0.4 is 10.2 Å². The Balaban J connectivity index is 1.76. The van der Waals surface area contributed by atoms with E-state index < -0.39 is 0 Å². The van der Waals surface area contributed by atoms with E-state index in [0.717, 1.165) is 44.3 Å². The van der Waals surface area contributed by atoms with Gasteiger partial charge in [-0.05, 0) is 23.8 Å². The molecule has 98 valence electrons. The zero-order valence-electron chi connectivity index (χ0n) is 10.8. The Morgan fingerprint density at radius 1 is 1.33 bits per heavy atom. The largest absolute Gasteiger partial charge is 0.374 e. The van der Waals surface area contributed by atoms with Crippen LogP contribution in [0, 0.1) is 0 Å². The second kappa shape index (κ2) is 5.08. The maximum atomic E-state index is 6.14. The van der Waals surface area contributed by atoms with Gasteiger partial charge in [0.25, 0.3) is 0 Å². The topological polar surface area (TPSA) is 18.5 Å². The minimum atomic E-state index is 0.599. The molecule has 18 heavy (non-hydrogen) atoms. The van der Waals surface area contributed by atoms with Gasteiger partial charge in [-0.25, -0.2) is 0 Å². The van der Waals surface area contributed by atoms with E-state index in [4.69, 9.17) is 11.6 Å². The molecule has 3 rings (SSSR count). The lowest BCUT2D eigenvalue weighted by Gasteiger charge is -2.29. The first-order valence-corrected chi connectivity index (χ1v) is 7.05. The number of benzene rings is 1. The number of hydrogen-bond acceptors (Lipinski definition) is 3. The average Bonchev–Trinajstić information content (AvgIpc) is 2.67. The molecule has 1 N–H and O–H groups in total. The van der Waals surface area contributed by atoms with Crippen LogP contribution in [0.25, 0.3) is 0 Å². The fraction of sp³-hybridized carbons (Fsp3) is 0.571. The predicted octanol–water partition coefficient (Wildman–Crippen LogP) is 1.78. The van der Waals surface area contributed by atoms with E-state index in [1.807, 2.05) is 6.07 Å². The summed E-state index contributed by atoms with van der Waals surface area (Å²) in [4.78, 5) is 4.91. The van der Waals surface area contributed by atoms with Gasteiger partial charge < -0.3 is 15.1 Å². The zero-order chi connectivity index (χ0) is 12.5. The lowest BCUT2D eigenvalue weighted by atomic mass is 10.0. The van der Waals surface area contributed by atoms with Crippen molar-refractivity contribution in [3.63, 3.8) is 0 Å². The molecule has 2 aliphatic rings. The van der Waals surface area contributed by atoms with E-state index in [-0.39, 0.29) is 0 Å². The number of piperazine rings is 1. The Kier molecular flexibility index (Phi) is 3.46. The van der Waals surface area contributed by atoms with E-state index in [0.29, 0.717) is 5.92 Å². The molecule has 0 aromatic heterocycles. The normalized spacial score (nSPS) is 24.3. The molecule has 1 atom stereocenters. The SMILES string of the molecule is CN1CC(CN2CCNCC2)c2cc(Cl)ccc21. The number of fused-ring (bicyclic) bond motifs is 1. The molecule has 1 unspecified atom stereocenters. The first-order chi connectivity index (χ1) is 8.74. The van der Waals surface area contributed by atoms with Crippen LogP contribution in [-0.2, 0) is 0 Å². The van der Waals surface area contributed by atoms with Crippen molar-refractivity contribution < 1.29 is 0 Å². The summed E-state index contributed by atoms with van der Waals surface area (Å²) in [6.07, 6.45) is 0. The second-order valence-corrected chi connectivity index (χ2v) is 5.77. The van der Waals surface area contributed by atoms with Gasteiger partial charge in [0, 0.05) is 62.9 Å². The highest BCUT2D eigenvalue weighted by Gasteiger charge is 2.28. The highest BCUT2D eigenvalue weighted by atomic mass is 35.5. The molecule has 3 nitrogen and oxygen atoms in total. The van der Waals surface area contributed by atoms with Gasteiger partial charge in [0.1, 0.15) is 0 Å². The first-order valence-electron chi connectivity index (χ1n) is 6.68. The Morgan fingerprint density at radius 3 is 2.89 bits per heavy atom. The number of rotatable bonds is 2. The summed E-state index contributed by atoms with van der Waals surface area (Å²) in [7, 11) is 2.17. The van der Waals surface area contributed by atoms with Crippen molar-refractivity contribution >= 4 is 17.3 Å². The number of nitrogens with one attached hydrogen (secondary N) is 1. The number of halogens is 1. The molecule has 0 radical (unpaired) electrons. The minimum Gasteiger partial charge on any atom is -0.374 e. The van der Waals surface area contributed by atoms with Crippen LogP contribution in [0.3, 0.4) is 0 Å². The van der Waals surface area contributed by atoms with Gasteiger partial charge in [-0.3, -0.25) is 0 Å². The summed E-state index contributed by atoms with van der Waals surface area (Å²) in [5, 5.41) is 4.26. The van der Waals surface area contributed by atoms with Crippen LogP contribution in [-0.4, -0.2) is 51.2 Å². The van der Waals surface area contributed by atoms with E-state index in [1.165, 1.54) is 11.3 Å². The van der Waals surface area contributed by atoms with Gasteiger partial charge >= 0.3 is 0 Å². The molecule has 2 aliphatic heterocycles. The molecule has 0 bridgehead atoms. The Bertz CT molecular complexity index is 429. The summed E-state index contributed by atoms with van der Waals surface area (Å²) in [6.45, 7) is 6.82. The smallest absolute Gasteiger partial charge is 0.0410 e. The van der Waals surface area contributed by atoms with E-state index in [9.17, 15) is 0 Å². The molecule has 1 saturated heterocycles. The van der Waals surface area contributed by atoms with Crippen LogP contribution in [0.1, 0.15) is 11.5 Å². The standard InChI is InChI=1S/C14H20ClN3/c1-17-9-11(10-18-6-4-16-5-7-18)13-8-12(15)2-3-14(13)17/h2-3,8,11,16H,4-7,9-10H2,1H3. The third-order valence-corrected chi connectivity index (χ3v) is 4.26. The molecule has 4 heteroatoms. The van der Waals surface area contributed by atoms with Crippen molar-refractivity contribution in [3.05, 3.63) is 28.8 Å². The van der Waals surface area contributed by atoms with Gasteiger partial charge in [0.05, 0.1) is 0 Å². The van der Waals surface area contributed by atoms with Crippen molar-refractivity contribution in [1.82, 2.24) is 10.2 Å². The molecule has 0 aliphatic carbocycles. The summed E-state index contributed by atoms with van der Waals surface area (Å²) in [6, 6.07) is 6.28. The molecule has 2 heterocycles. The van der Waals surface area contributed by atoms with Gasteiger partial charge in [-0.15, -0.1) is 0 Å². The van der Waals surface area contributed by atoms with Crippen molar-refractivity contribution in [3.8, 4) is 0 Å². The summed E-state index contributed by atoms with van der Waals surface area (Å²) in [5.41, 5.74) is 2.77. The molecule has 0 saturated carbocycles. The maximum absolute atomic E-state index is 6.14. The Morgan fingerprint density at radius 2 is 2.11 bits per heavy atom. The predicted molar refractivity (Wildman–Crippen MR) is 76.8 cm³/mol. The monoisotopic (exact) mass is 265 g/mol. The maximum Gasteiger partial charge on any atom is 0.0410 e. The molecular weight excluding hydrogens is 246 g/mol. The Hall–Kier alpha value is -0.770. The third kappa shape index (κ3) is 2.35. The summed E-state index contributed by atoms with van der Waals surface area (Å²) < 4.78 is 0. The quantitative estimate of drug-likeness (QED) is 0.880. The number of anilines is 1. The minimum absolute atomic E-state index is 0.599. The molecule has 1 fully saturated rings. The van der Waals surface area contributed by atoms with Crippen LogP contribution in [0.4, 0.5) is 5.69 Å². The third-order valence-electron chi connectivity index (χ3n) is 4.02. The number of likely N-dealkylation sites (N-methyl/N-ethyl adjacent to an activating group) is 1. The molecule has 1 aromatic carbocycles. The average molecular weight is 266 g/mol. The second-order valence-electron chi connectivity index (χ2n) is 5.33. The molecule has 0 spiro atoms. The lowest BCUT2D eigenvalue weighted by Crippen LogP contribution is -2.45. The van der Waals surface area contributed by atoms with Crippen LogP contribution in [0.2, 0.25) is 5.02 Å². The van der Waals surface area contributed by atoms with Gasteiger partial charge in [0.15, 0.2) is 0 Å². The highest BCUT2D eigenvalue weighted by Crippen LogP contribution is 2.37. The van der Waals surface area contributed by atoms with Crippen LogP contribution >= 0.6 is 11.6 Å². The molecule has 1 aromatic rings. The van der Waals surface area contributed by atoms with Crippen molar-refractivity contribution in [2.75, 3.05) is 51.2 Å². The van der Waals surface area contributed by atoms with Crippen LogP contribution in [0.15, 0.2) is 18.2 Å². The van der Waals surface area contributed by atoms with Gasteiger partial charge in [0.2, 0.25) is 0 Å². The lowest BCUT2D eigenvalue weighted by molar-refractivity contribution is 0.230. The van der Waals surface area contributed by atoms with E-state index >= 15 is 0 Å². The van der Waals surface area contributed by atoms with Gasteiger partial charge in [-0.1, -0.05) is 11.6 Å². The number of nitrogens with zero attached hydrogens (tertiary/aromatic N) is 2. The van der Waals surface area contributed by atoms with Gasteiger partial charge in [-0.2, -0.15) is 0 Å². The van der Waals surface area contributed by atoms with Crippen molar-refractivity contribution in [2.45, 2.75) is 5.92 Å². The van der Waals surface area contributed by atoms with Crippen LogP contribution in [0.5, 0.6) is 0 Å².